The summed E-state index contributed by atoms with van der Waals surface area (Å²) in [5, 5.41) is 0.504. The van der Waals surface area contributed by atoms with E-state index in [1.165, 1.54) is 6.33 Å². The third kappa shape index (κ3) is 3.57. The molecule has 0 atom stereocenters. The number of nitrogens with zero attached hydrogens (tertiary/aromatic N) is 5. The number of benzene rings is 1. The van der Waals surface area contributed by atoms with Gasteiger partial charge in [-0.25, -0.2) is 19.9 Å². The Bertz CT molecular complexity index is 1380. The van der Waals surface area contributed by atoms with E-state index in [-0.39, 0.29) is 0 Å². The summed E-state index contributed by atoms with van der Waals surface area (Å²) in [5.41, 5.74) is 10.4. The molecule has 31 heavy (non-hydrogen) atoms. The normalized spacial score (nSPS) is 10.6. The first kappa shape index (κ1) is 20.0. The number of primary amides is 1. The monoisotopic (exact) mass is 412 g/mol. The van der Waals surface area contributed by atoms with Crippen molar-refractivity contribution < 1.29 is 9.53 Å². The number of hydrogen-bond donors (Lipinski definition) is 1. The van der Waals surface area contributed by atoms with E-state index in [0.717, 1.165) is 22.6 Å². The maximum atomic E-state index is 12.3. The minimum absolute atomic E-state index is 0.297. The zero-order valence-electron chi connectivity index (χ0n) is 17.6. The van der Waals surface area contributed by atoms with E-state index in [4.69, 9.17) is 10.5 Å². The zero-order valence-corrected chi connectivity index (χ0v) is 17.6. The van der Waals surface area contributed by atoms with Crippen LogP contribution in [0, 0.1) is 32.6 Å². The van der Waals surface area contributed by atoms with E-state index in [0.29, 0.717) is 33.7 Å². The van der Waals surface area contributed by atoms with Crippen LogP contribution in [0.2, 0.25) is 0 Å². The van der Waals surface area contributed by atoms with Gasteiger partial charge in [-0.2, -0.15) is 0 Å². The average molecular weight is 412 g/mol. The van der Waals surface area contributed by atoms with Crippen LogP contribution in [-0.2, 0) is 0 Å². The van der Waals surface area contributed by atoms with Crippen molar-refractivity contribution in [3.8, 4) is 23.3 Å². The maximum absolute atomic E-state index is 12.3. The summed E-state index contributed by atoms with van der Waals surface area (Å²) in [6.45, 7) is 5.73. The number of carbonyl (C=O) groups is 1. The quantitative estimate of drug-likeness (QED) is 0.518. The Morgan fingerprint density at radius 3 is 2.52 bits per heavy atom. The molecule has 2 N–H and O–H groups in total. The van der Waals surface area contributed by atoms with Gasteiger partial charge in [0, 0.05) is 24.2 Å². The highest BCUT2D eigenvalue weighted by Crippen LogP contribution is 2.32. The summed E-state index contributed by atoms with van der Waals surface area (Å²) >= 11 is 0. The minimum Gasteiger partial charge on any atom is -0.496 e. The van der Waals surface area contributed by atoms with Crippen LogP contribution in [0.25, 0.3) is 16.7 Å². The van der Waals surface area contributed by atoms with Crippen molar-refractivity contribution in [2.24, 2.45) is 5.73 Å². The molecule has 0 fully saturated rings. The molecular weight excluding hydrogens is 392 g/mol. The first-order valence-electron chi connectivity index (χ1n) is 9.51. The largest absolute Gasteiger partial charge is 0.496 e. The predicted molar refractivity (Wildman–Crippen MR) is 116 cm³/mol. The van der Waals surface area contributed by atoms with Crippen molar-refractivity contribution in [3.05, 3.63) is 70.8 Å². The molecule has 3 heterocycles. The molecule has 8 nitrogen and oxygen atoms in total. The molecule has 1 aromatic carbocycles. The molecule has 0 spiro atoms. The molecule has 0 aliphatic rings. The van der Waals surface area contributed by atoms with Crippen LogP contribution in [0.1, 0.15) is 38.6 Å². The number of fused-ring (bicyclic) bond motifs is 1. The number of rotatable bonds is 3. The lowest BCUT2D eigenvalue weighted by Gasteiger charge is -2.15. The van der Waals surface area contributed by atoms with Gasteiger partial charge in [-0.15, -0.1) is 0 Å². The number of aryl methyl sites for hydroxylation is 2. The number of ether oxygens (including phenoxy) is 1. The predicted octanol–water partition coefficient (Wildman–Crippen LogP) is 2.64. The number of aromatic nitrogens is 5. The minimum atomic E-state index is -0.583. The second kappa shape index (κ2) is 7.88. The highest BCUT2D eigenvalue weighted by Gasteiger charge is 2.22. The van der Waals surface area contributed by atoms with Crippen molar-refractivity contribution in [1.82, 2.24) is 24.5 Å². The fourth-order valence-corrected chi connectivity index (χ4v) is 3.59. The second-order valence-corrected chi connectivity index (χ2v) is 7.03. The topological polar surface area (TPSA) is 109 Å². The molecule has 1 amide bonds. The van der Waals surface area contributed by atoms with Gasteiger partial charge in [-0.05, 0) is 38.3 Å². The molecule has 0 radical (unpaired) electrons. The summed E-state index contributed by atoms with van der Waals surface area (Å²) in [6.07, 6.45) is 6.33. The first-order valence-corrected chi connectivity index (χ1v) is 9.51. The number of amides is 1. The third-order valence-electron chi connectivity index (χ3n) is 4.95. The summed E-state index contributed by atoms with van der Waals surface area (Å²) in [4.78, 5) is 29.3. The van der Waals surface area contributed by atoms with E-state index in [1.54, 1.807) is 32.6 Å². The zero-order chi connectivity index (χ0) is 22.1. The molecule has 0 unspecified atom stereocenters. The Labute approximate surface area is 179 Å². The van der Waals surface area contributed by atoms with Gasteiger partial charge in [0.25, 0.3) is 5.91 Å². The number of hydrogen-bond acceptors (Lipinski definition) is 6. The van der Waals surface area contributed by atoms with E-state index in [1.807, 2.05) is 30.5 Å². The maximum Gasteiger partial charge on any atom is 0.251 e. The lowest BCUT2D eigenvalue weighted by Crippen LogP contribution is -2.11. The Balaban J connectivity index is 2.05. The van der Waals surface area contributed by atoms with Gasteiger partial charge in [-0.3, -0.25) is 9.36 Å². The van der Waals surface area contributed by atoms with Crippen LogP contribution in [0.5, 0.6) is 5.75 Å². The lowest BCUT2D eigenvalue weighted by molar-refractivity contribution is 0.100. The Morgan fingerprint density at radius 1 is 1.10 bits per heavy atom. The summed E-state index contributed by atoms with van der Waals surface area (Å²) in [6, 6.07) is 3.87. The number of nitrogens with two attached hydrogens (primary N) is 1. The van der Waals surface area contributed by atoms with Crippen molar-refractivity contribution in [2.45, 2.75) is 20.8 Å². The van der Waals surface area contributed by atoms with Crippen LogP contribution in [0.15, 0.2) is 37.1 Å². The van der Waals surface area contributed by atoms with Gasteiger partial charge < -0.3 is 10.5 Å². The average Bonchev–Trinajstić information content (AvgIpc) is 3.12. The van der Waals surface area contributed by atoms with Crippen LogP contribution in [0.3, 0.4) is 0 Å². The van der Waals surface area contributed by atoms with Crippen LogP contribution < -0.4 is 10.5 Å². The van der Waals surface area contributed by atoms with Gasteiger partial charge in [0.1, 0.15) is 29.2 Å². The van der Waals surface area contributed by atoms with Crippen molar-refractivity contribution in [2.75, 3.05) is 7.11 Å². The summed E-state index contributed by atoms with van der Waals surface area (Å²) in [7, 11) is 1.62. The summed E-state index contributed by atoms with van der Waals surface area (Å²) in [5.74, 6) is 6.69. The highest BCUT2D eigenvalue weighted by molar-refractivity contribution is 6.07. The molecule has 0 aliphatic carbocycles. The Kier molecular flexibility index (Phi) is 5.09. The Morgan fingerprint density at radius 2 is 1.84 bits per heavy atom. The fourth-order valence-electron chi connectivity index (χ4n) is 3.59. The van der Waals surface area contributed by atoms with E-state index in [2.05, 4.69) is 31.8 Å². The van der Waals surface area contributed by atoms with Gasteiger partial charge in [-0.1, -0.05) is 12.0 Å². The second-order valence-electron chi connectivity index (χ2n) is 7.03. The van der Waals surface area contributed by atoms with E-state index >= 15 is 0 Å². The van der Waals surface area contributed by atoms with Crippen LogP contribution in [0.4, 0.5) is 0 Å². The first-order chi connectivity index (χ1) is 14.9. The van der Waals surface area contributed by atoms with Gasteiger partial charge >= 0.3 is 0 Å². The molecule has 0 aliphatic heterocycles. The lowest BCUT2D eigenvalue weighted by atomic mass is 10.1. The molecule has 4 rings (SSSR count). The van der Waals surface area contributed by atoms with Crippen molar-refractivity contribution >= 4 is 16.9 Å². The number of methoxy groups -OCH3 is 1. The Hall–Kier alpha value is -4.25. The van der Waals surface area contributed by atoms with E-state index in [9.17, 15) is 4.79 Å². The van der Waals surface area contributed by atoms with Gasteiger partial charge in [0.15, 0.2) is 0 Å². The SMILES string of the molecule is COc1ccc(C)c(-n2cc(C(N)=O)c3c(C#Cc4cncnc4)nc(C)nc32)c1C. The van der Waals surface area contributed by atoms with Crippen molar-refractivity contribution in [3.63, 3.8) is 0 Å². The highest BCUT2D eigenvalue weighted by atomic mass is 16.5. The summed E-state index contributed by atoms with van der Waals surface area (Å²) < 4.78 is 7.35. The van der Waals surface area contributed by atoms with Gasteiger partial charge in [0.05, 0.1) is 29.3 Å². The van der Waals surface area contributed by atoms with Crippen molar-refractivity contribution in [1.29, 1.82) is 0 Å². The number of carbonyl (C=O) groups excluding carboxylic acids is 1. The van der Waals surface area contributed by atoms with Crippen LogP contribution >= 0.6 is 0 Å². The molecule has 3 aromatic heterocycles. The third-order valence-corrected chi connectivity index (χ3v) is 4.95. The molecule has 0 bridgehead atoms. The molecule has 154 valence electrons. The van der Waals surface area contributed by atoms with Gasteiger partial charge in [0.2, 0.25) is 0 Å². The molecular formula is C23H20N6O2. The van der Waals surface area contributed by atoms with Crippen LogP contribution in [-0.4, -0.2) is 37.5 Å². The smallest absolute Gasteiger partial charge is 0.251 e. The standard InChI is InChI=1S/C23H20N6O2/c1-13-5-8-19(31-4)14(2)21(13)29-11-17(22(24)30)20-18(27-15(3)28-23(20)29)7-6-16-9-25-12-26-10-16/h5,8-12H,1-4H3,(H2,24,30). The molecule has 0 saturated heterocycles. The van der Waals surface area contributed by atoms with E-state index < -0.39 is 5.91 Å². The molecule has 8 heteroatoms. The molecule has 0 saturated carbocycles. The fraction of sp³-hybridized carbons (Fsp3) is 0.174. The molecule has 4 aromatic rings.